The molecule has 1 heterocycles. The number of aryl methyl sites for hydroxylation is 1. The minimum Gasteiger partial charge on any atom is -0.348 e. The van der Waals surface area contributed by atoms with Gasteiger partial charge in [-0.1, -0.05) is 24.3 Å². The molecule has 1 aromatic carbocycles. The van der Waals surface area contributed by atoms with Gasteiger partial charge in [-0.2, -0.15) is 0 Å². The lowest BCUT2D eigenvalue weighted by Crippen LogP contribution is -1.92. The van der Waals surface area contributed by atoms with Crippen molar-refractivity contribution in [3.63, 3.8) is 0 Å². The number of hydrogen-bond acceptors (Lipinski definition) is 2. The lowest BCUT2D eigenvalue weighted by molar-refractivity contribution is -0.107. The van der Waals surface area contributed by atoms with Crippen LogP contribution in [0, 0.1) is 0 Å². The minimum atomic E-state index is 0.595. The standard InChI is InChI=1S/C13H14N2O/c16-9-1-2-11-3-5-12(6-4-11)10-13-14-7-8-15-13/h3-9H,1-2,10H2,(H,14,15). The average Bonchev–Trinajstić information content (AvgIpc) is 2.81. The van der Waals surface area contributed by atoms with Crippen LogP contribution in [-0.2, 0) is 17.6 Å². The maximum absolute atomic E-state index is 10.2. The van der Waals surface area contributed by atoms with E-state index in [-0.39, 0.29) is 0 Å². The van der Waals surface area contributed by atoms with Crippen LogP contribution in [0.25, 0.3) is 0 Å². The summed E-state index contributed by atoms with van der Waals surface area (Å²) in [6.45, 7) is 0. The van der Waals surface area contributed by atoms with Crippen LogP contribution in [0.4, 0.5) is 0 Å². The molecule has 3 nitrogen and oxygen atoms in total. The molecule has 0 atom stereocenters. The molecule has 1 aromatic heterocycles. The van der Waals surface area contributed by atoms with Crippen molar-refractivity contribution in [3.8, 4) is 0 Å². The van der Waals surface area contributed by atoms with E-state index in [0.717, 1.165) is 25.0 Å². The first-order valence-electron chi connectivity index (χ1n) is 5.38. The zero-order valence-corrected chi connectivity index (χ0v) is 9.02. The molecule has 0 saturated heterocycles. The summed E-state index contributed by atoms with van der Waals surface area (Å²) in [6, 6.07) is 8.31. The molecule has 0 aliphatic heterocycles. The summed E-state index contributed by atoms with van der Waals surface area (Å²) in [6.07, 6.45) is 6.78. The van der Waals surface area contributed by atoms with Gasteiger partial charge in [-0.25, -0.2) is 4.98 Å². The van der Waals surface area contributed by atoms with Crippen LogP contribution in [-0.4, -0.2) is 16.3 Å². The fourth-order valence-electron chi connectivity index (χ4n) is 1.64. The molecule has 0 aliphatic carbocycles. The number of nitrogens with zero attached hydrogens (tertiary/aromatic N) is 1. The molecule has 0 fully saturated rings. The third-order valence-corrected chi connectivity index (χ3v) is 2.50. The summed E-state index contributed by atoms with van der Waals surface area (Å²) in [4.78, 5) is 17.5. The number of aromatic nitrogens is 2. The number of carbonyl (C=O) groups excluding carboxylic acids is 1. The van der Waals surface area contributed by atoms with Crippen LogP contribution in [0.15, 0.2) is 36.7 Å². The van der Waals surface area contributed by atoms with Gasteiger partial charge in [0.25, 0.3) is 0 Å². The summed E-state index contributed by atoms with van der Waals surface area (Å²) in [5.41, 5.74) is 2.43. The first kappa shape index (κ1) is 10.6. The number of benzene rings is 1. The number of rotatable bonds is 5. The Kier molecular flexibility index (Phi) is 3.49. The molecule has 0 amide bonds. The number of imidazole rings is 1. The van der Waals surface area contributed by atoms with Crippen molar-refractivity contribution in [1.82, 2.24) is 9.97 Å². The molecule has 0 saturated carbocycles. The van der Waals surface area contributed by atoms with E-state index < -0.39 is 0 Å². The zero-order chi connectivity index (χ0) is 11.2. The maximum atomic E-state index is 10.2. The van der Waals surface area contributed by atoms with E-state index in [9.17, 15) is 4.79 Å². The Morgan fingerprint density at radius 2 is 1.94 bits per heavy atom. The molecule has 0 spiro atoms. The van der Waals surface area contributed by atoms with Crippen molar-refractivity contribution >= 4 is 6.29 Å². The third kappa shape index (κ3) is 2.79. The number of carbonyl (C=O) groups is 1. The van der Waals surface area contributed by atoms with Crippen LogP contribution in [0.3, 0.4) is 0 Å². The monoisotopic (exact) mass is 214 g/mol. The smallest absolute Gasteiger partial charge is 0.120 e. The summed E-state index contributed by atoms with van der Waals surface area (Å²) >= 11 is 0. The quantitative estimate of drug-likeness (QED) is 0.775. The fraction of sp³-hybridized carbons (Fsp3) is 0.231. The van der Waals surface area contributed by atoms with Crippen molar-refractivity contribution in [2.75, 3.05) is 0 Å². The number of hydrogen-bond donors (Lipinski definition) is 1. The first-order valence-corrected chi connectivity index (χ1v) is 5.38. The topological polar surface area (TPSA) is 45.8 Å². The Labute approximate surface area is 94.5 Å². The van der Waals surface area contributed by atoms with Gasteiger partial charge in [0, 0.05) is 25.2 Å². The van der Waals surface area contributed by atoms with Gasteiger partial charge in [0.15, 0.2) is 0 Å². The molecule has 0 radical (unpaired) electrons. The molecule has 2 rings (SSSR count). The minimum absolute atomic E-state index is 0.595. The van der Waals surface area contributed by atoms with Gasteiger partial charge in [0.05, 0.1) is 0 Å². The van der Waals surface area contributed by atoms with Gasteiger partial charge in [-0.05, 0) is 17.5 Å². The number of aromatic amines is 1. The van der Waals surface area contributed by atoms with Gasteiger partial charge in [0.1, 0.15) is 12.1 Å². The second-order valence-electron chi connectivity index (χ2n) is 3.73. The van der Waals surface area contributed by atoms with Crippen molar-refractivity contribution in [1.29, 1.82) is 0 Å². The van der Waals surface area contributed by atoms with E-state index in [1.54, 1.807) is 6.20 Å². The molecule has 82 valence electrons. The largest absolute Gasteiger partial charge is 0.348 e. The second kappa shape index (κ2) is 5.26. The predicted octanol–water partition coefficient (Wildman–Crippen LogP) is 2.13. The molecule has 2 aromatic rings. The highest BCUT2D eigenvalue weighted by atomic mass is 16.1. The normalized spacial score (nSPS) is 10.2. The molecular weight excluding hydrogens is 200 g/mol. The van der Waals surface area contributed by atoms with E-state index in [4.69, 9.17) is 0 Å². The molecule has 0 aliphatic rings. The predicted molar refractivity (Wildman–Crippen MR) is 62.2 cm³/mol. The highest BCUT2D eigenvalue weighted by Crippen LogP contribution is 2.09. The Balaban J connectivity index is 1.99. The van der Waals surface area contributed by atoms with Gasteiger partial charge in [-0.3, -0.25) is 0 Å². The summed E-state index contributed by atoms with van der Waals surface area (Å²) < 4.78 is 0. The Morgan fingerprint density at radius 1 is 1.19 bits per heavy atom. The van der Waals surface area contributed by atoms with Gasteiger partial charge in [-0.15, -0.1) is 0 Å². The van der Waals surface area contributed by atoms with Gasteiger partial charge in [0.2, 0.25) is 0 Å². The van der Waals surface area contributed by atoms with Crippen LogP contribution in [0.1, 0.15) is 23.4 Å². The average molecular weight is 214 g/mol. The summed E-state index contributed by atoms with van der Waals surface area (Å²) in [5, 5.41) is 0. The highest BCUT2D eigenvalue weighted by Gasteiger charge is 1.98. The van der Waals surface area contributed by atoms with Gasteiger partial charge >= 0.3 is 0 Å². The zero-order valence-electron chi connectivity index (χ0n) is 9.02. The van der Waals surface area contributed by atoms with Crippen molar-refractivity contribution < 1.29 is 4.79 Å². The fourth-order valence-corrected chi connectivity index (χ4v) is 1.64. The lowest BCUT2D eigenvalue weighted by Gasteiger charge is -2.01. The Bertz CT molecular complexity index is 431. The molecule has 16 heavy (non-hydrogen) atoms. The van der Waals surface area contributed by atoms with Crippen LogP contribution in [0.5, 0.6) is 0 Å². The molecule has 1 N–H and O–H groups in total. The maximum Gasteiger partial charge on any atom is 0.120 e. The van der Waals surface area contributed by atoms with Crippen LogP contribution < -0.4 is 0 Å². The van der Waals surface area contributed by atoms with E-state index in [2.05, 4.69) is 34.2 Å². The SMILES string of the molecule is O=CCCc1ccc(Cc2ncc[nH]2)cc1. The summed E-state index contributed by atoms with van der Waals surface area (Å²) in [5.74, 6) is 0.973. The van der Waals surface area contributed by atoms with Crippen molar-refractivity contribution in [3.05, 3.63) is 53.6 Å². The third-order valence-electron chi connectivity index (χ3n) is 2.50. The molecule has 0 bridgehead atoms. The van der Waals surface area contributed by atoms with Crippen LogP contribution >= 0.6 is 0 Å². The number of aldehydes is 1. The van der Waals surface area contributed by atoms with E-state index >= 15 is 0 Å². The number of H-pyrrole nitrogens is 1. The second-order valence-corrected chi connectivity index (χ2v) is 3.73. The summed E-state index contributed by atoms with van der Waals surface area (Å²) in [7, 11) is 0. The first-order chi connectivity index (χ1) is 7.88. The Morgan fingerprint density at radius 3 is 2.56 bits per heavy atom. The van der Waals surface area contributed by atoms with E-state index in [0.29, 0.717) is 6.42 Å². The molecule has 0 unspecified atom stereocenters. The van der Waals surface area contributed by atoms with Crippen molar-refractivity contribution in [2.45, 2.75) is 19.3 Å². The Hall–Kier alpha value is -1.90. The molecular formula is C13H14N2O. The highest BCUT2D eigenvalue weighted by molar-refractivity contribution is 5.50. The number of nitrogens with one attached hydrogen (secondary N) is 1. The van der Waals surface area contributed by atoms with E-state index in [1.165, 1.54) is 11.1 Å². The van der Waals surface area contributed by atoms with Crippen LogP contribution in [0.2, 0.25) is 0 Å². The molecule has 3 heteroatoms. The lowest BCUT2D eigenvalue weighted by atomic mass is 10.1. The van der Waals surface area contributed by atoms with Gasteiger partial charge < -0.3 is 9.78 Å². The van der Waals surface area contributed by atoms with Crippen molar-refractivity contribution in [2.24, 2.45) is 0 Å². The van der Waals surface area contributed by atoms with E-state index in [1.807, 2.05) is 6.20 Å².